The highest BCUT2D eigenvalue weighted by atomic mass is 79.9. The van der Waals surface area contributed by atoms with E-state index in [9.17, 15) is 13.6 Å². The highest BCUT2D eigenvalue weighted by Crippen LogP contribution is 2.26. The second kappa shape index (κ2) is 4.45. The van der Waals surface area contributed by atoms with Crippen molar-refractivity contribution in [3.63, 3.8) is 0 Å². The number of hydrogen-bond acceptors (Lipinski definition) is 2. The molecule has 0 atom stereocenters. The van der Waals surface area contributed by atoms with Gasteiger partial charge in [0.05, 0.1) is 6.42 Å². The Bertz CT molecular complexity index is 357. The van der Waals surface area contributed by atoms with Crippen molar-refractivity contribution in [1.82, 2.24) is 4.98 Å². The van der Waals surface area contributed by atoms with E-state index in [1.54, 1.807) is 0 Å². The second-order valence-electron chi connectivity index (χ2n) is 2.53. The summed E-state index contributed by atoms with van der Waals surface area (Å²) in [6, 6.07) is 1.43. The molecule has 1 rings (SSSR count). The smallest absolute Gasteiger partial charge is 0.307 e. The molecule has 0 aromatic carbocycles. The summed E-state index contributed by atoms with van der Waals surface area (Å²) < 4.78 is 25.1. The van der Waals surface area contributed by atoms with Gasteiger partial charge in [0, 0.05) is 16.2 Å². The molecule has 1 aromatic rings. The minimum absolute atomic E-state index is 0.0231. The summed E-state index contributed by atoms with van der Waals surface area (Å²) in [4.78, 5) is 13.9. The molecular weight excluding hydrogens is 260 g/mol. The Labute approximate surface area is 86.9 Å². The van der Waals surface area contributed by atoms with E-state index in [-0.39, 0.29) is 5.56 Å². The second-order valence-corrected chi connectivity index (χ2v) is 3.38. The van der Waals surface area contributed by atoms with Gasteiger partial charge in [-0.2, -0.15) is 0 Å². The molecule has 0 fully saturated rings. The van der Waals surface area contributed by atoms with E-state index in [1.165, 1.54) is 12.3 Å². The van der Waals surface area contributed by atoms with Crippen molar-refractivity contribution in [2.45, 2.75) is 12.8 Å². The summed E-state index contributed by atoms with van der Waals surface area (Å²) in [5, 5.41) is 8.50. The molecule has 0 saturated carbocycles. The van der Waals surface area contributed by atoms with Crippen LogP contribution in [0.1, 0.15) is 17.7 Å². The normalized spacial score (nSPS) is 10.6. The van der Waals surface area contributed by atoms with E-state index in [2.05, 4.69) is 20.9 Å². The topological polar surface area (TPSA) is 50.2 Å². The van der Waals surface area contributed by atoms with Crippen molar-refractivity contribution in [2.75, 3.05) is 0 Å². The van der Waals surface area contributed by atoms with E-state index < -0.39 is 24.5 Å². The van der Waals surface area contributed by atoms with E-state index in [4.69, 9.17) is 5.11 Å². The Morgan fingerprint density at radius 1 is 1.64 bits per heavy atom. The third kappa shape index (κ3) is 2.47. The Hall–Kier alpha value is -1.04. The number of nitrogens with zero attached hydrogens (tertiary/aromatic N) is 1. The molecule has 3 nitrogen and oxygen atoms in total. The molecule has 0 bridgehead atoms. The predicted octanol–water partition coefficient (Wildman–Crippen LogP) is 2.41. The number of aromatic nitrogens is 1. The maximum atomic E-state index is 12.4. The number of aliphatic carboxylic acids is 1. The third-order valence-electron chi connectivity index (χ3n) is 1.57. The molecular formula is C8H6BrF2NO2. The number of rotatable bonds is 3. The van der Waals surface area contributed by atoms with Crippen LogP contribution in [0.15, 0.2) is 16.7 Å². The minimum Gasteiger partial charge on any atom is -0.481 e. The predicted molar refractivity (Wildman–Crippen MR) is 48.2 cm³/mol. The third-order valence-corrected chi connectivity index (χ3v) is 2.31. The highest BCUT2D eigenvalue weighted by Gasteiger charge is 2.18. The maximum absolute atomic E-state index is 12.4. The summed E-state index contributed by atoms with van der Waals surface area (Å²) in [5.74, 6) is -1.17. The van der Waals surface area contributed by atoms with E-state index >= 15 is 0 Å². The van der Waals surface area contributed by atoms with Gasteiger partial charge in [0.15, 0.2) is 0 Å². The average Bonchev–Trinajstić information content (AvgIpc) is 2.07. The zero-order chi connectivity index (χ0) is 10.7. The maximum Gasteiger partial charge on any atom is 0.307 e. The van der Waals surface area contributed by atoms with Crippen LogP contribution in [0.25, 0.3) is 0 Å². The number of hydrogen-bond donors (Lipinski definition) is 1. The number of carboxylic acids is 1. The van der Waals surface area contributed by atoms with Crippen LogP contribution in [-0.2, 0) is 11.2 Å². The van der Waals surface area contributed by atoms with Crippen LogP contribution >= 0.6 is 15.9 Å². The molecule has 14 heavy (non-hydrogen) atoms. The van der Waals surface area contributed by atoms with Crippen LogP contribution in [0.2, 0.25) is 0 Å². The SMILES string of the molecule is O=C(O)Cc1c(Br)ccnc1C(F)F. The first-order valence-electron chi connectivity index (χ1n) is 3.65. The summed E-state index contributed by atoms with van der Waals surface area (Å²) >= 11 is 3.01. The van der Waals surface area contributed by atoms with Crippen molar-refractivity contribution in [3.8, 4) is 0 Å². The first-order chi connectivity index (χ1) is 6.52. The first-order valence-corrected chi connectivity index (χ1v) is 4.45. The average molecular weight is 266 g/mol. The molecule has 1 N–H and O–H groups in total. The van der Waals surface area contributed by atoms with E-state index in [0.717, 1.165) is 0 Å². The van der Waals surface area contributed by atoms with Crippen molar-refractivity contribution >= 4 is 21.9 Å². The van der Waals surface area contributed by atoms with E-state index in [1.807, 2.05) is 0 Å². The molecule has 1 aromatic heterocycles. The zero-order valence-corrected chi connectivity index (χ0v) is 8.46. The van der Waals surface area contributed by atoms with Crippen molar-refractivity contribution in [2.24, 2.45) is 0 Å². The summed E-state index contributed by atoms with van der Waals surface area (Å²) in [7, 11) is 0. The van der Waals surface area contributed by atoms with Crippen molar-refractivity contribution in [1.29, 1.82) is 0 Å². The Kier molecular flexibility index (Phi) is 3.51. The fourth-order valence-corrected chi connectivity index (χ4v) is 1.46. The van der Waals surface area contributed by atoms with E-state index in [0.29, 0.717) is 4.47 Å². The quantitative estimate of drug-likeness (QED) is 0.913. The minimum atomic E-state index is -2.76. The van der Waals surface area contributed by atoms with Crippen LogP contribution in [0, 0.1) is 0 Å². The van der Waals surface area contributed by atoms with Crippen LogP contribution in [-0.4, -0.2) is 16.1 Å². The number of alkyl halides is 2. The molecule has 0 saturated heterocycles. The lowest BCUT2D eigenvalue weighted by molar-refractivity contribution is -0.136. The molecule has 76 valence electrons. The molecule has 0 unspecified atom stereocenters. The van der Waals surface area contributed by atoms with Gasteiger partial charge in [-0.1, -0.05) is 15.9 Å². The number of pyridine rings is 1. The lowest BCUT2D eigenvalue weighted by atomic mass is 10.1. The molecule has 0 aliphatic rings. The van der Waals surface area contributed by atoms with Gasteiger partial charge in [0.1, 0.15) is 5.69 Å². The number of carbonyl (C=O) groups is 1. The van der Waals surface area contributed by atoms with Gasteiger partial charge < -0.3 is 5.11 Å². The first kappa shape index (κ1) is 11.0. The van der Waals surface area contributed by atoms with Gasteiger partial charge in [-0.05, 0) is 6.07 Å². The van der Waals surface area contributed by atoms with Gasteiger partial charge in [0.25, 0.3) is 6.43 Å². The number of carboxylic acid groups (broad SMARTS) is 1. The lowest BCUT2D eigenvalue weighted by Crippen LogP contribution is -2.06. The standard InChI is InChI=1S/C8H6BrF2NO2/c9-5-1-2-12-7(8(10)11)4(5)3-6(13)14/h1-2,8H,3H2,(H,13,14). The van der Waals surface area contributed by atoms with Crippen LogP contribution in [0.4, 0.5) is 8.78 Å². The summed E-state index contributed by atoms with van der Waals surface area (Å²) in [5.41, 5.74) is -0.461. The molecule has 0 aliphatic carbocycles. The Morgan fingerprint density at radius 2 is 2.29 bits per heavy atom. The Morgan fingerprint density at radius 3 is 2.79 bits per heavy atom. The van der Waals surface area contributed by atoms with Gasteiger partial charge in [0.2, 0.25) is 0 Å². The van der Waals surface area contributed by atoms with Gasteiger partial charge in [-0.25, -0.2) is 8.78 Å². The molecule has 1 heterocycles. The summed E-state index contributed by atoms with van der Waals surface area (Å²) in [6.45, 7) is 0. The molecule has 0 aliphatic heterocycles. The lowest BCUT2D eigenvalue weighted by Gasteiger charge is -2.07. The monoisotopic (exact) mass is 265 g/mol. The highest BCUT2D eigenvalue weighted by molar-refractivity contribution is 9.10. The van der Waals surface area contributed by atoms with Crippen molar-refractivity contribution in [3.05, 3.63) is 28.0 Å². The fraction of sp³-hybridized carbons (Fsp3) is 0.250. The molecule has 0 radical (unpaired) electrons. The fourth-order valence-electron chi connectivity index (χ4n) is 0.998. The molecule has 6 heteroatoms. The van der Waals surface area contributed by atoms with Crippen LogP contribution in [0.5, 0.6) is 0 Å². The largest absolute Gasteiger partial charge is 0.481 e. The van der Waals surface area contributed by atoms with Gasteiger partial charge in [-0.3, -0.25) is 9.78 Å². The molecule has 0 spiro atoms. The van der Waals surface area contributed by atoms with Gasteiger partial charge >= 0.3 is 5.97 Å². The Balaban J connectivity index is 3.15. The molecule has 0 amide bonds. The van der Waals surface area contributed by atoms with Crippen LogP contribution in [0.3, 0.4) is 0 Å². The van der Waals surface area contributed by atoms with Crippen LogP contribution < -0.4 is 0 Å². The van der Waals surface area contributed by atoms with Gasteiger partial charge in [-0.15, -0.1) is 0 Å². The summed E-state index contributed by atoms with van der Waals surface area (Å²) in [6.07, 6.45) is -2.02. The zero-order valence-electron chi connectivity index (χ0n) is 6.88. The number of halogens is 3. The van der Waals surface area contributed by atoms with Crippen molar-refractivity contribution < 1.29 is 18.7 Å².